The number of hydrogen-bond acceptors (Lipinski definition) is 2. The third-order valence-corrected chi connectivity index (χ3v) is 2.96. The number of hydrogen-bond donors (Lipinski definition) is 2. The fourth-order valence-electron chi connectivity index (χ4n) is 2.19. The molecule has 1 aromatic carbocycles. The lowest BCUT2D eigenvalue weighted by atomic mass is 10.1. The van der Waals surface area contributed by atoms with E-state index in [4.69, 9.17) is 5.73 Å². The van der Waals surface area contributed by atoms with Crippen LogP contribution in [0, 0.1) is 0 Å². The largest absolute Gasteiger partial charge is 0.344 e. The van der Waals surface area contributed by atoms with Crippen LogP contribution in [0.25, 0.3) is 10.9 Å². The molecule has 3 nitrogen and oxygen atoms in total. The summed E-state index contributed by atoms with van der Waals surface area (Å²) >= 11 is 0. The van der Waals surface area contributed by atoms with Crippen molar-refractivity contribution in [3.05, 3.63) is 35.5 Å². The van der Waals surface area contributed by atoms with Crippen LogP contribution in [0.5, 0.6) is 0 Å². The highest BCUT2D eigenvalue weighted by Crippen LogP contribution is 2.21. The standard InChI is InChI=1S/C13H19N3/c1-3-16-12(9-15-2)7-11-5-4-10(8-14)6-13(11)16/h4-7,15H,3,8-9,14H2,1-2H3. The van der Waals surface area contributed by atoms with Crippen molar-refractivity contribution >= 4 is 10.9 Å². The number of aryl methyl sites for hydroxylation is 1. The van der Waals surface area contributed by atoms with Gasteiger partial charge in [0.2, 0.25) is 0 Å². The van der Waals surface area contributed by atoms with Gasteiger partial charge in [0.05, 0.1) is 0 Å². The highest BCUT2D eigenvalue weighted by atomic mass is 15.0. The first kappa shape index (κ1) is 11.2. The zero-order valence-corrected chi connectivity index (χ0v) is 9.96. The molecule has 0 unspecified atom stereocenters. The first-order valence-electron chi connectivity index (χ1n) is 5.75. The molecule has 86 valence electrons. The van der Waals surface area contributed by atoms with Crippen molar-refractivity contribution < 1.29 is 0 Å². The molecule has 0 fully saturated rings. The molecule has 16 heavy (non-hydrogen) atoms. The van der Waals surface area contributed by atoms with Gasteiger partial charge in [-0.1, -0.05) is 12.1 Å². The number of nitrogens with zero attached hydrogens (tertiary/aromatic N) is 1. The zero-order chi connectivity index (χ0) is 11.5. The van der Waals surface area contributed by atoms with Crippen LogP contribution in [0.1, 0.15) is 18.2 Å². The summed E-state index contributed by atoms with van der Waals surface area (Å²) in [5, 5.41) is 4.50. The maximum Gasteiger partial charge on any atom is 0.0486 e. The summed E-state index contributed by atoms with van der Waals surface area (Å²) in [5.74, 6) is 0. The summed E-state index contributed by atoms with van der Waals surface area (Å²) in [6.07, 6.45) is 0. The minimum Gasteiger partial charge on any atom is -0.344 e. The Morgan fingerprint density at radius 1 is 1.31 bits per heavy atom. The Morgan fingerprint density at radius 3 is 2.75 bits per heavy atom. The molecule has 3 N–H and O–H groups in total. The Bertz CT molecular complexity index is 485. The molecule has 3 heteroatoms. The van der Waals surface area contributed by atoms with Crippen LogP contribution in [0.3, 0.4) is 0 Å². The van der Waals surface area contributed by atoms with Gasteiger partial charge in [-0.15, -0.1) is 0 Å². The maximum absolute atomic E-state index is 5.68. The third kappa shape index (κ3) is 1.84. The van der Waals surface area contributed by atoms with Crippen LogP contribution >= 0.6 is 0 Å². The van der Waals surface area contributed by atoms with Crippen molar-refractivity contribution in [3.63, 3.8) is 0 Å². The lowest BCUT2D eigenvalue weighted by Crippen LogP contribution is -2.10. The van der Waals surface area contributed by atoms with E-state index in [1.807, 2.05) is 7.05 Å². The number of nitrogens with one attached hydrogen (secondary N) is 1. The van der Waals surface area contributed by atoms with Crippen LogP contribution in [0.4, 0.5) is 0 Å². The van der Waals surface area contributed by atoms with E-state index in [-0.39, 0.29) is 0 Å². The number of aromatic nitrogens is 1. The van der Waals surface area contributed by atoms with Crippen molar-refractivity contribution in [2.45, 2.75) is 26.6 Å². The van der Waals surface area contributed by atoms with E-state index >= 15 is 0 Å². The highest BCUT2D eigenvalue weighted by molar-refractivity contribution is 5.82. The van der Waals surface area contributed by atoms with Gasteiger partial charge in [0.15, 0.2) is 0 Å². The van der Waals surface area contributed by atoms with Gasteiger partial charge >= 0.3 is 0 Å². The molecule has 0 aliphatic rings. The van der Waals surface area contributed by atoms with Gasteiger partial charge in [-0.05, 0) is 37.1 Å². The van der Waals surface area contributed by atoms with Crippen molar-refractivity contribution in [3.8, 4) is 0 Å². The van der Waals surface area contributed by atoms with Gasteiger partial charge in [0, 0.05) is 30.8 Å². The van der Waals surface area contributed by atoms with E-state index in [9.17, 15) is 0 Å². The zero-order valence-electron chi connectivity index (χ0n) is 9.96. The number of rotatable bonds is 4. The molecule has 0 aliphatic carbocycles. The number of benzene rings is 1. The van der Waals surface area contributed by atoms with Gasteiger partial charge in [0.25, 0.3) is 0 Å². The highest BCUT2D eigenvalue weighted by Gasteiger charge is 2.06. The van der Waals surface area contributed by atoms with Crippen molar-refractivity contribution in [1.29, 1.82) is 0 Å². The molecule has 1 aromatic heterocycles. The minimum atomic E-state index is 0.603. The number of nitrogens with two attached hydrogens (primary N) is 1. The predicted molar refractivity (Wildman–Crippen MR) is 68.3 cm³/mol. The molecule has 2 rings (SSSR count). The second kappa shape index (κ2) is 4.68. The predicted octanol–water partition coefficient (Wildman–Crippen LogP) is 1.84. The molecular weight excluding hydrogens is 198 g/mol. The Balaban J connectivity index is 2.58. The second-order valence-electron chi connectivity index (χ2n) is 4.01. The smallest absolute Gasteiger partial charge is 0.0486 e. The first-order chi connectivity index (χ1) is 7.80. The molecule has 0 spiro atoms. The van der Waals surface area contributed by atoms with Gasteiger partial charge in [-0.2, -0.15) is 0 Å². The molecule has 0 aliphatic heterocycles. The monoisotopic (exact) mass is 217 g/mol. The van der Waals surface area contributed by atoms with E-state index in [1.54, 1.807) is 0 Å². The van der Waals surface area contributed by atoms with Gasteiger partial charge < -0.3 is 15.6 Å². The van der Waals surface area contributed by atoms with E-state index < -0.39 is 0 Å². The van der Waals surface area contributed by atoms with Crippen LogP contribution in [0.15, 0.2) is 24.3 Å². The summed E-state index contributed by atoms with van der Waals surface area (Å²) in [6.45, 7) is 4.68. The Kier molecular flexibility index (Phi) is 3.27. The normalized spacial score (nSPS) is 11.2. The summed E-state index contributed by atoms with van der Waals surface area (Å²) in [4.78, 5) is 0. The first-order valence-corrected chi connectivity index (χ1v) is 5.75. The Hall–Kier alpha value is -1.32. The molecule has 1 heterocycles. The molecule has 0 bridgehead atoms. The van der Waals surface area contributed by atoms with E-state index in [1.165, 1.54) is 22.2 Å². The molecule has 0 saturated heterocycles. The fourth-order valence-corrected chi connectivity index (χ4v) is 2.19. The van der Waals surface area contributed by atoms with Crippen molar-refractivity contribution in [2.24, 2.45) is 5.73 Å². The van der Waals surface area contributed by atoms with Gasteiger partial charge in [-0.3, -0.25) is 0 Å². The van der Waals surface area contributed by atoms with E-state index in [0.717, 1.165) is 13.1 Å². The summed E-state index contributed by atoms with van der Waals surface area (Å²) in [5.41, 5.74) is 9.48. The SMILES string of the molecule is CCn1c(CNC)cc2ccc(CN)cc21. The summed E-state index contributed by atoms with van der Waals surface area (Å²) < 4.78 is 2.34. The lowest BCUT2D eigenvalue weighted by Gasteiger charge is -2.07. The van der Waals surface area contributed by atoms with E-state index in [0.29, 0.717) is 6.54 Å². The minimum absolute atomic E-state index is 0.603. The molecule has 0 radical (unpaired) electrons. The van der Waals surface area contributed by atoms with Crippen molar-refractivity contribution in [2.75, 3.05) is 7.05 Å². The fraction of sp³-hybridized carbons (Fsp3) is 0.385. The molecule has 0 saturated carbocycles. The average molecular weight is 217 g/mol. The van der Waals surface area contributed by atoms with Crippen LogP contribution in [-0.2, 0) is 19.6 Å². The van der Waals surface area contributed by atoms with Crippen molar-refractivity contribution in [1.82, 2.24) is 9.88 Å². The summed E-state index contributed by atoms with van der Waals surface area (Å²) in [7, 11) is 1.98. The Morgan fingerprint density at radius 2 is 2.12 bits per heavy atom. The maximum atomic E-state index is 5.68. The van der Waals surface area contributed by atoms with Gasteiger partial charge in [-0.25, -0.2) is 0 Å². The van der Waals surface area contributed by atoms with Crippen LogP contribution in [-0.4, -0.2) is 11.6 Å². The van der Waals surface area contributed by atoms with Crippen LogP contribution in [0.2, 0.25) is 0 Å². The number of fused-ring (bicyclic) bond motifs is 1. The van der Waals surface area contributed by atoms with Crippen LogP contribution < -0.4 is 11.1 Å². The quantitative estimate of drug-likeness (QED) is 0.820. The topological polar surface area (TPSA) is 43.0 Å². The third-order valence-electron chi connectivity index (χ3n) is 2.96. The molecular formula is C13H19N3. The lowest BCUT2D eigenvalue weighted by molar-refractivity contribution is 0.692. The second-order valence-corrected chi connectivity index (χ2v) is 4.01. The summed E-state index contributed by atoms with van der Waals surface area (Å²) in [6, 6.07) is 8.70. The Labute approximate surface area is 96.2 Å². The average Bonchev–Trinajstić information content (AvgIpc) is 2.65. The molecule has 0 amide bonds. The molecule has 0 atom stereocenters. The van der Waals surface area contributed by atoms with Gasteiger partial charge in [0.1, 0.15) is 0 Å². The molecule has 2 aromatic rings. The van der Waals surface area contributed by atoms with E-state index in [2.05, 4.69) is 41.1 Å².